The first-order chi connectivity index (χ1) is 8.66. The van der Waals surface area contributed by atoms with Gasteiger partial charge in [-0.2, -0.15) is 0 Å². The smallest absolute Gasteiger partial charge is 0.306 e. The molecule has 5 heteroatoms. The van der Waals surface area contributed by atoms with Crippen molar-refractivity contribution in [3.05, 3.63) is 0 Å². The van der Waals surface area contributed by atoms with Crippen LogP contribution in [0.3, 0.4) is 0 Å². The molecule has 0 aromatic rings. The fourth-order valence-corrected chi connectivity index (χ4v) is 2.78. The van der Waals surface area contributed by atoms with Crippen LogP contribution in [0, 0.1) is 17.8 Å². The molecule has 1 amide bonds. The second-order valence-corrected chi connectivity index (χ2v) is 5.35. The van der Waals surface area contributed by atoms with Crippen LogP contribution >= 0.6 is 0 Å². The molecule has 0 bridgehead atoms. The molecule has 2 atom stereocenters. The lowest BCUT2D eigenvalue weighted by Crippen LogP contribution is -2.35. The van der Waals surface area contributed by atoms with Gasteiger partial charge in [-0.05, 0) is 38.0 Å². The monoisotopic (exact) mass is 255 g/mol. The Labute approximate surface area is 107 Å². The Bertz CT molecular complexity index is 312. The Morgan fingerprint density at radius 1 is 1.11 bits per heavy atom. The molecule has 1 aliphatic carbocycles. The molecule has 2 N–H and O–H groups in total. The number of ether oxygens (including phenoxy) is 1. The summed E-state index contributed by atoms with van der Waals surface area (Å²) in [5, 5.41) is 11.9. The van der Waals surface area contributed by atoms with Gasteiger partial charge in [-0.15, -0.1) is 0 Å². The van der Waals surface area contributed by atoms with E-state index in [0.717, 1.165) is 26.1 Å². The summed E-state index contributed by atoms with van der Waals surface area (Å²) in [7, 11) is 0. The number of carboxylic acid groups (broad SMARTS) is 1. The third-order valence-corrected chi connectivity index (χ3v) is 4.06. The zero-order valence-corrected chi connectivity index (χ0v) is 10.6. The van der Waals surface area contributed by atoms with Crippen molar-refractivity contribution in [1.82, 2.24) is 5.32 Å². The lowest BCUT2D eigenvalue weighted by atomic mass is 9.99. The van der Waals surface area contributed by atoms with Crippen molar-refractivity contribution in [2.45, 2.75) is 32.1 Å². The zero-order chi connectivity index (χ0) is 13.0. The van der Waals surface area contributed by atoms with E-state index in [0.29, 0.717) is 31.7 Å². The number of carboxylic acids is 1. The van der Waals surface area contributed by atoms with Crippen LogP contribution in [-0.2, 0) is 14.3 Å². The normalized spacial score (nSPS) is 29.1. The van der Waals surface area contributed by atoms with Gasteiger partial charge in [0.15, 0.2) is 0 Å². The molecule has 18 heavy (non-hydrogen) atoms. The minimum atomic E-state index is -0.769. The molecular weight excluding hydrogens is 234 g/mol. The topological polar surface area (TPSA) is 75.6 Å². The Morgan fingerprint density at radius 2 is 1.78 bits per heavy atom. The summed E-state index contributed by atoms with van der Waals surface area (Å²) in [6.45, 7) is 2.27. The summed E-state index contributed by atoms with van der Waals surface area (Å²) in [5.41, 5.74) is 0. The molecular formula is C13H21NO4. The predicted molar refractivity (Wildman–Crippen MR) is 65.0 cm³/mol. The van der Waals surface area contributed by atoms with E-state index < -0.39 is 5.97 Å². The number of amides is 1. The average Bonchev–Trinajstić information content (AvgIpc) is 2.87. The van der Waals surface area contributed by atoms with Crippen molar-refractivity contribution in [3.63, 3.8) is 0 Å². The highest BCUT2D eigenvalue weighted by Gasteiger charge is 2.33. The van der Waals surface area contributed by atoms with E-state index >= 15 is 0 Å². The van der Waals surface area contributed by atoms with Gasteiger partial charge >= 0.3 is 5.97 Å². The first-order valence-corrected chi connectivity index (χ1v) is 6.75. The fraction of sp³-hybridized carbons (Fsp3) is 0.846. The van der Waals surface area contributed by atoms with Gasteiger partial charge in [-0.25, -0.2) is 0 Å². The van der Waals surface area contributed by atoms with Crippen LogP contribution in [0.25, 0.3) is 0 Å². The van der Waals surface area contributed by atoms with Crippen LogP contribution in [0.15, 0.2) is 0 Å². The zero-order valence-electron chi connectivity index (χ0n) is 10.6. The van der Waals surface area contributed by atoms with Crippen molar-refractivity contribution < 1.29 is 19.4 Å². The molecule has 1 saturated heterocycles. The molecule has 1 saturated carbocycles. The van der Waals surface area contributed by atoms with Crippen molar-refractivity contribution in [3.8, 4) is 0 Å². The van der Waals surface area contributed by atoms with Crippen LogP contribution in [-0.4, -0.2) is 36.7 Å². The van der Waals surface area contributed by atoms with Crippen LogP contribution in [0.5, 0.6) is 0 Å². The summed E-state index contributed by atoms with van der Waals surface area (Å²) in [5.74, 6) is -0.658. The summed E-state index contributed by atoms with van der Waals surface area (Å²) < 4.78 is 5.27. The van der Waals surface area contributed by atoms with Crippen molar-refractivity contribution in [1.29, 1.82) is 0 Å². The minimum absolute atomic E-state index is 0.0326. The Kier molecular flexibility index (Phi) is 4.58. The molecule has 0 spiro atoms. The molecule has 2 rings (SSSR count). The van der Waals surface area contributed by atoms with Gasteiger partial charge in [0, 0.05) is 25.7 Å². The molecule has 0 aromatic carbocycles. The van der Waals surface area contributed by atoms with E-state index in [1.807, 2.05) is 0 Å². The fourth-order valence-electron chi connectivity index (χ4n) is 2.78. The Hall–Kier alpha value is -1.10. The number of aliphatic carboxylic acids is 1. The SMILES string of the molecule is O=C(O)C1CCC(C(=O)NCC2CCOCC2)C1. The summed E-state index contributed by atoms with van der Waals surface area (Å²) in [6.07, 6.45) is 3.83. The molecule has 2 aliphatic rings. The molecule has 2 unspecified atom stereocenters. The van der Waals surface area contributed by atoms with Crippen molar-refractivity contribution in [2.24, 2.45) is 17.8 Å². The standard InChI is InChI=1S/C13H21NO4/c15-12(10-1-2-11(7-10)13(16)17)14-8-9-3-5-18-6-4-9/h9-11H,1-8H2,(H,14,15)(H,16,17). The highest BCUT2D eigenvalue weighted by molar-refractivity contribution is 5.80. The maximum Gasteiger partial charge on any atom is 0.306 e. The van der Waals surface area contributed by atoms with Gasteiger partial charge in [0.05, 0.1) is 5.92 Å². The van der Waals surface area contributed by atoms with E-state index in [2.05, 4.69) is 5.32 Å². The molecule has 5 nitrogen and oxygen atoms in total. The van der Waals surface area contributed by atoms with Gasteiger partial charge in [0.1, 0.15) is 0 Å². The summed E-state index contributed by atoms with van der Waals surface area (Å²) in [4.78, 5) is 22.8. The second kappa shape index (κ2) is 6.18. The third kappa shape index (κ3) is 3.45. The van der Waals surface area contributed by atoms with Gasteiger partial charge in [-0.1, -0.05) is 0 Å². The van der Waals surface area contributed by atoms with Crippen LogP contribution in [0.4, 0.5) is 0 Å². The van der Waals surface area contributed by atoms with Crippen LogP contribution in [0.2, 0.25) is 0 Å². The largest absolute Gasteiger partial charge is 0.481 e. The summed E-state index contributed by atoms with van der Waals surface area (Å²) >= 11 is 0. The minimum Gasteiger partial charge on any atom is -0.481 e. The van der Waals surface area contributed by atoms with Crippen molar-refractivity contribution >= 4 is 11.9 Å². The first kappa shape index (κ1) is 13.3. The maximum atomic E-state index is 11.9. The van der Waals surface area contributed by atoms with Gasteiger partial charge in [0.2, 0.25) is 5.91 Å². The molecule has 1 aliphatic heterocycles. The van der Waals surface area contributed by atoms with E-state index in [4.69, 9.17) is 9.84 Å². The average molecular weight is 255 g/mol. The lowest BCUT2D eigenvalue weighted by Gasteiger charge is -2.23. The third-order valence-electron chi connectivity index (χ3n) is 4.06. The molecule has 102 valence electrons. The number of carbonyl (C=O) groups excluding carboxylic acids is 1. The van der Waals surface area contributed by atoms with E-state index in [-0.39, 0.29) is 17.7 Å². The van der Waals surface area contributed by atoms with Crippen LogP contribution in [0.1, 0.15) is 32.1 Å². The summed E-state index contributed by atoms with van der Waals surface area (Å²) in [6, 6.07) is 0. The quantitative estimate of drug-likeness (QED) is 0.786. The van der Waals surface area contributed by atoms with Crippen LogP contribution < -0.4 is 5.32 Å². The molecule has 1 heterocycles. The number of rotatable bonds is 4. The maximum absolute atomic E-state index is 11.9. The van der Waals surface area contributed by atoms with Gasteiger partial charge in [0.25, 0.3) is 0 Å². The first-order valence-electron chi connectivity index (χ1n) is 6.75. The highest BCUT2D eigenvalue weighted by atomic mass is 16.5. The number of hydrogen-bond donors (Lipinski definition) is 2. The molecule has 0 aromatic heterocycles. The highest BCUT2D eigenvalue weighted by Crippen LogP contribution is 2.31. The van der Waals surface area contributed by atoms with E-state index in [9.17, 15) is 9.59 Å². The Balaban J connectivity index is 1.70. The molecule has 2 fully saturated rings. The van der Waals surface area contributed by atoms with Gasteiger partial charge < -0.3 is 15.2 Å². The Morgan fingerprint density at radius 3 is 2.39 bits per heavy atom. The number of hydrogen-bond acceptors (Lipinski definition) is 3. The predicted octanol–water partition coefficient (Wildman–Crippen LogP) is 1.03. The van der Waals surface area contributed by atoms with Gasteiger partial charge in [-0.3, -0.25) is 9.59 Å². The van der Waals surface area contributed by atoms with E-state index in [1.165, 1.54) is 0 Å². The number of carbonyl (C=O) groups is 2. The number of nitrogens with one attached hydrogen (secondary N) is 1. The molecule has 0 radical (unpaired) electrons. The van der Waals surface area contributed by atoms with E-state index in [1.54, 1.807) is 0 Å². The second-order valence-electron chi connectivity index (χ2n) is 5.35. The lowest BCUT2D eigenvalue weighted by molar-refractivity contribution is -0.141. The van der Waals surface area contributed by atoms with Crippen molar-refractivity contribution in [2.75, 3.05) is 19.8 Å².